The lowest BCUT2D eigenvalue weighted by Crippen LogP contribution is -2.26. The normalized spacial score (nSPS) is 12.1. The number of carbonyl (C=O) groups is 3. The molecule has 30 heavy (non-hydrogen) atoms. The Balaban J connectivity index is 2.17. The molecule has 1 atom stereocenters. The lowest BCUT2D eigenvalue weighted by atomic mass is 10.0. The van der Waals surface area contributed by atoms with Crippen LogP contribution in [0.2, 0.25) is 0 Å². The summed E-state index contributed by atoms with van der Waals surface area (Å²) < 4.78 is 10.6. The van der Waals surface area contributed by atoms with Crippen molar-refractivity contribution in [1.29, 1.82) is 5.26 Å². The molecular formula is C23H24N2O5. The molecule has 7 heteroatoms. The van der Waals surface area contributed by atoms with E-state index in [4.69, 9.17) is 9.47 Å². The van der Waals surface area contributed by atoms with Gasteiger partial charge in [-0.05, 0) is 64.0 Å². The van der Waals surface area contributed by atoms with E-state index >= 15 is 0 Å². The SMILES string of the molecule is CCOc1ccc(/C=C(\C#N)C(=O)O[C@H](C)C(=O)c2[nH]c(C)c(C(C)=O)c2C)cc1. The van der Waals surface area contributed by atoms with Crippen LogP contribution in [0.1, 0.15) is 58.4 Å². The molecule has 0 aliphatic rings. The molecular weight excluding hydrogens is 384 g/mol. The van der Waals surface area contributed by atoms with Crippen molar-refractivity contribution in [2.45, 2.75) is 40.7 Å². The molecule has 2 aromatic rings. The van der Waals surface area contributed by atoms with Gasteiger partial charge in [-0.3, -0.25) is 9.59 Å². The van der Waals surface area contributed by atoms with Crippen LogP contribution >= 0.6 is 0 Å². The maximum atomic E-state index is 12.7. The predicted molar refractivity (Wildman–Crippen MR) is 111 cm³/mol. The number of nitrogens with zero attached hydrogens (tertiary/aromatic N) is 1. The standard InChI is InChI=1S/C23H24N2O5/c1-6-29-19-9-7-17(8-10-19)11-18(12-24)23(28)30-16(5)22(27)21-13(2)20(15(4)26)14(3)25-21/h7-11,16,25H,6H2,1-5H3/b18-11+/t16-/m1/s1. The number of aryl methyl sites for hydroxylation is 1. The summed E-state index contributed by atoms with van der Waals surface area (Å²) in [5.41, 5.74) is 2.14. The Morgan fingerprint density at radius 1 is 1.20 bits per heavy atom. The molecule has 1 heterocycles. The molecule has 0 unspecified atom stereocenters. The van der Waals surface area contributed by atoms with Crippen molar-refractivity contribution in [3.8, 4) is 11.8 Å². The van der Waals surface area contributed by atoms with Crippen molar-refractivity contribution in [2.24, 2.45) is 0 Å². The zero-order chi connectivity index (χ0) is 22.4. The number of nitrogens with one attached hydrogen (secondary N) is 1. The van der Waals surface area contributed by atoms with Gasteiger partial charge in [-0.25, -0.2) is 4.79 Å². The highest BCUT2D eigenvalue weighted by Crippen LogP contribution is 2.21. The highest BCUT2D eigenvalue weighted by Gasteiger charge is 2.26. The molecule has 0 bridgehead atoms. The second-order valence-electron chi connectivity index (χ2n) is 6.76. The van der Waals surface area contributed by atoms with Crippen LogP contribution in [-0.2, 0) is 9.53 Å². The van der Waals surface area contributed by atoms with Crippen LogP contribution in [0.4, 0.5) is 0 Å². The molecule has 0 aliphatic carbocycles. The number of carbonyl (C=O) groups excluding carboxylic acids is 3. The smallest absolute Gasteiger partial charge is 0.349 e. The minimum absolute atomic E-state index is 0.157. The maximum Gasteiger partial charge on any atom is 0.349 e. The lowest BCUT2D eigenvalue weighted by molar-refractivity contribution is -0.141. The van der Waals surface area contributed by atoms with Gasteiger partial charge >= 0.3 is 5.97 Å². The van der Waals surface area contributed by atoms with E-state index in [9.17, 15) is 19.6 Å². The third-order valence-corrected chi connectivity index (χ3v) is 4.53. The van der Waals surface area contributed by atoms with Gasteiger partial charge in [0.05, 0.1) is 12.3 Å². The van der Waals surface area contributed by atoms with E-state index in [0.29, 0.717) is 34.7 Å². The van der Waals surface area contributed by atoms with E-state index in [1.165, 1.54) is 19.9 Å². The summed E-state index contributed by atoms with van der Waals surface area (Å²) in [5, 5.41) is 9.34. The van der Waals surface area contributed by atoms with Gasteiger partial charge in [0.2, 0.25) is 5.78 Å². The number of ketones is 2. The first-order valence-corrected chi connectivity index (χ1v) is 9.49. The summed E-state index contributed by atoms with van der Waals surface area (Å²) >= 11 is 0. The molecule has 156 valence electrons. The van der Waals surface area contributed by atoms with E-state index in [1.807, 2.05) is 6.92 Å². The van der Waals surface area contributed by atoms with Gasteiger partial charge in [-0.2, -0.15) is 5.26 Å². The fourth-order valence-electron chi connectivity index (χ4n) is 3.14. The number of esters is 1. The average molecular weight is 408 g/mol. The van der Waals surface area contributed by atoms with Crippen LogP contribution in [0, 0.1) is 25.2 Å². The third-order valence-electron chi connectivity index (χ3n) is 4.53. The fraction of sp³-hybridized carbons (Fsp3) is 0.304. The quantitative estimate of drug-likeness (QED) is 0.306. The van der Waals surface area contributed by atoms with Crippen molar-refractivity contribution < 1.29 is 23.9 Å². The van der Waals surface area contributed by atoms with Crippen LogP contribution in [0.3, 0.4) is 0 Å². The number of benzene rings is 1. The Labute approximate surface area is 175 Å². The van der Waals surface area contributed by atoms with Gasteiger partial charge in [-0.15, -0.1) is 0 Å². The fourth-order valence-corrected chi connectivity index (χ4v) is 3.14. The summed E-state index contributed by atoms with van der Waals surface area (Å²) in [6, 6.07) is 8.67. The zero-order valence-electron chi connectivity index (χ0n) is 17.7. The Hall–Kier alpha value is -3.66. The number of nitriles is 1. The van der Waals surface area contributed by atoms with Crippen LogP contribution in [-0.4, -0.2) is 35.2 Å². The predicted octanol–water partition coefficient (Wildman–Crippen LogP) is 3.95. The molecule has 0 amide bonds. The van der Waals surface area contributed by atoms with Crippen molar-refractivity contribution in [3.05, 3.63) is 57.9 Å². The Morgan fingerprint density at radius 3 is 2.33 bits per heavy atom. The molecule has 7 nitrogen and oxygen atoms in total. The number of hydrogen-bond donors (Lipinski definition) is 1. The second-order valence-corrected chi connectivity index (χ2v) is 6.76. The molecule has 1 aromatic carbocycles. The molecule has 0 saturated heterocycles. The summed E-state index contributed by atoms with van der Waals surface area (Å²) in [4.78, 5) is 39.8. The van der Waals surface area contributed by atoms with Crippen molar-refractivity contribution >= 4 is 23.6 Å². The number of aromatic nitrogens is 1. The topological polar surface area (TPSA) is 109 Å². The number of aromatic amines is 1. The Morgan fingerprint density at radius 2 is 1.83 bits per heavy atom. The van der Waals surface area contributed by atoms with Gasteiger partial charge < -0.3 is 14.5 Å². The Kier molecular flexibility index (Phi) is 7.32. The molecule has 1 N–H and O–H groups in total. The van der Waals surface area contributed by atoms with E-state index < -0.39 is 17.9 Å². The average Bonchev–Trinajstić information content (AvgIpc) is 3.00. The van der Waals surface area contributed by atoms with Gasteiger partial charge in [0.15, 0.2) is 11.9 Å². The minimum Gasteiger partial charge on any atom is -0.494 e. The van der Waals surface area contributed by atoms with Crippen molar-refractivity contribution in [2.75, 3.05) is 6.61 Å². The number of H-pyrrole nitrogens is 1. The van der Waals surface area contributed by atoms with E-state index in [0.717, 1.165) is 0 Å². The second kappa shape index (κ2) is 9.70. The van der Waals surface area contributed by atoms with Gasteiger partial charge in [0.1, 0.15) is 17.4 Å². The van der Waals surface area contributed by atoms with Crippen LogP contribution in [0.25, 0.3) is 6.08 Å². The third kappa shape index (κ3) is 5.03. The first kappa shape index (κ1) is 22.6. The molecule has 2 rings (SSSR count). The monoisotopic (exact) mass is 408 g/mol. The van der Waals surface area contributed by atoms with Crippen LogP contribution in [0.5, 0.6) is 5.75 Å². The lowest BCUT2D eigenvalue weighted by Gasteiger charge is -2.12. The molecule has 0 aliphatic heterocycles. The molecule has 0 spiro atoms. The van der Waals surface area contributed by atoms with E-state index in [2.05, 4.69) is 4.98 Å². The summed E-state index contributed by atoms with van der Waals surface area (Å²) in [7, 11) is 0. The maximum absolute atomic E-state index is 12.7. The largest absolute Gasteiger partial charge is 0.494 e. The Bertz CT molecular complexity index is 1040. The van der Waals surface area contributed by atoms with Gasteiger partial charge in [-0.1, -0.05) is 12.1 Å². The molecule has 0 fully saturated rings. The molecule has 0 saturated carbocycles. The summed E-state index contributed by atoms with van der Waals surface area (Å²) in [6.45, 7) is 8.61. The number of ether oxygens (including phenoxy) is 2. The highest BCUT2D eigenvalue weighted by molar-refractivity contribution is 6.06. The van der Waals surface area contributed by atoms with Gasteiger partial charge in [0.25, 0.3) is 0 Å². The van der Waals surface area contributed by atoms with E-state index in [1.54, 1.807) is 44.2 Å². The zero-order valence-corrected chi connectivity index (χ0v) is 17.7. The number of hydrogen-bond acceptors (Lipinski definition) is 6. The number of Topliss-reactive ketones (excluding diaryl/α,β-unsaturated/α-hetero) is 2. The highest BCUT2D eigenvalue weighted by atomic mass is 16.5. The molecule has 1 aromatic heterocycles. The van der Waals surface area contributed by atoms with Crippen LogP contribution in [0.15, 0.2) is 29.8 Å². The van der Waals surface area contributed by atoms with Crippen LogP contribution < -0.4 is 4.74 Å². The number of rotatable bonds is 8. The van der Waals surface area contributed by atoms with E-state index in [-0.39, 0.29) is 17.1 Å². The molecule has 0 radical (unpaired) electrons. The first-order valence-electron chi connectivity index (χ1n) is 9.49. The summed E-state index contributed by atoms with van der Waals surface area (Å²) in [5.74, 6) is -0.860. The summed E-state index contributed by atoms with van der Waals surface area (Å²) in [6.07, 6.45) is 0.249. The first-order chi connectivity index (χ1) is 14.2. The van der Waals surface area contributed by atoms with Crippen molar-refractivity contribution in [3.63, 3.8) is 0 Å². The van der Waals surface area contributed by atoms with Crippen molar-refractivity contribution in [1.82, 2.24) is 4.98 Å². The minimum atomic E-state index is -1.13. The van der Waals surface area contributed by atoms with Gasteiger partial charge in [0, 0.05) is 11.3 Å².